The van der Waals surface area contributed by atoms with Crippen molar-refractivity contribution in [3.63, 3.8) is 0 Å². The SMILES string of the molecule is Cc1nc(-c2ccccc2)ncc1C(=O)NCCCC(=O)O. The molecule has 2 rings (SSSR count). The molecule has 0 unspecified atom stereocenters. The van der Waals surface area contributed by atoms with Crippen LogP contribution >= 0.6 is 0 Å². The molecule has 0 spiro atoms. The van der Waals surface area contributed by atoms with Crippen molar-refractivity contribution in [2.75, 3.05) is 6.54 Å². The van der Waals surface area contributed by atoms with E-state index < -0.39 is 5.97 Å². The van der Waals surface area contributed by atoms with Crippen molar-refractivity contribution in [2.24, 2.45) is 0 Å². The van der Waals surface area contributed by atoms with E-state index in [0.29, 0.717) is 30.0 Å². The highest BCUT2D eigenvalue weighted by atomic mass is 16.4. The van der Waals surface area contributed by atoms with Gasteiger partial charge in [0.1, 0.15) is 0 Å². The van der Waals surface area contributed by atoms with Crippen molar-refractivity contribution in [3.05, 3.63) is 47.8 Å². The van der Waals surface area contributed by atoms with Crippen LogP contribution in [0.1, 0.15) is 28.9 Å². The molecule has 0 bridgehead atoms. The predicted molar refractivity (Wildman–Crippen MR) is 81.4 cm³/mol. The molecule has 0 aliphatic rings. The lowest BCUT2D eigenvalue weighted by atomic mass is 10.2. The summed E-state index contributed by atoms with van der Waals surface area (Å²) in [7, 11) is 0. The third kappa shape index (κ3) is 4.12. The van der Waals surface area contributed by atoms with Crippen molar-refractivity contribution >= 4 is 11.9 Å². The quantitative estimate of drug-likeness (QED) is 0.796. The Labute approximate surface area is 128 Å². The highest BCUT2D eigenvalue weighted by molar-refractivity contribution is 5.95. The molecule has 6 heteroatoms. The summed E-state index contributed by atoms with van der Waals surface area (Å²) in [6.45, 7) is 2.06. The average molecular weight is 299 g/mol. The summed E-state index contributed by atoms with van der Waals surface area (Å²) < 4.78 is 0. The van der Waals surface area contributed by atoms with Gasteiger partial charge in [0.2, 0.25) is 0 Å². The molecule has 0 radical (unpaired) electrons. The number of carboxylic acid groups (broad SMARTS) is 1. The normalized spacial score (nSPS) is 10.2. The van der Waals surface area contributed by atoms with Crippen molar-refractivity contribution in [1.82, 2.24) is 15.3 Å². The van der Waals surface area contributed by atoms with Gasteiger partial charge in [-0.1, -0.05) is 30.3 Å². The molecule has 2 N–H and O–H groups in total. The largest absolute Gasteiger partial charge is 0.481 e. The second kappa shape index (κ2) is 7.31. The van der Waals surface area contributed by atoms with E-state index in [-0.39, 0.29) is 12.3 Å². The second-order valence-electron chi connectivity index (χ2n) is 4.81. The number of nitrogens with one attached hydrogen (secondary N) is 1. The molecule has 0 aliphatic heterocycles. The molecule has 1 heterocycles. The number of carboxylic acids is 1. The molecule has 0 atom stereocenters. The second-order valence-corrected chi connectivity index (χ2v) is 4.81. The van der Waals surface area contributed by atoms with Gasteiger partial charge in [0, 0.05) is 24.7 Å². The van der Waals surface area contributed by atoms with E-state index in [1.54, 1.807) is 6.92 Å². The number of hydrogen-bond donors (Lipinski definition) is 2. The first-order chi connectivity index (χ1) is 10.6. The fraction of sp³-hybridized carbons (Fsp3) is 0.250. The third-order valence-electron chi connectivity index (χ3n) is 3.11. The topological polar surface area (TPSA) is 92.2 Å². The number of rotatable bonds is 6. The first kappa shape index (κ1) is 15.6. The Morgan fingerprint density at radius 1 is 1.23 bits per heavy atom. The van der Waals surface area contributed by atoms with Gasteiger partial charge < -0.3 is 10.4 Å². The van der Waals surface area contributed by atoms with Crippen LogP contribution in [-0.2, 0) is 4.79 Å². The molecule has 114 valence electrons. The van der Waals surface area contributed by atoms with Gasteiger partial charge >= 0.3 is 5.97 Å². The maximum atomic E-state index is 12.0. The van der Waals surface area contributed by atoms with Gasteiger partial charge in [0.25, 0.3) is 5.91 Å². The van der Waals surface area contributed by atoms with Gasteiger partial charge in [-0.15, -0.1) is 0 Å². The molecule has 6 nitrogen and oxygen atoms in total. The van der Waals surface area contributed by atoms with Gasteiger partial charge in [0.15, 0.2) is 5.82 Å². The fourth-order valence-corrected chi connectivity index (χ4v) is 1.95. The Balaban J connectivity index is 2.03. The minimum Gasteiger partial charge on any atom is -0.481 e. The number of amides is 1. The van der Waals surface area contributed by atoms with Crippen LogP contribution in [0.25, 0.3) is 11.4 Å². The minimum atomic E-state index is -0.874. The van der Waals surface area contributed by atoms with Crippen LogP contribution in [0.4, 0.5) is 0 Å². The summed E-state index contributed by atoms with van der Waals surface area (Å²) in [6.07, 6.45) is 1.92. The number of aryl methyl sites for hydroxylation is 1. The molecule has 0 saturated heterocycles. The van der Waals surface area contributed by atoms with Crippen molar-refractivity contribution in [3.8, 4) is 11.4 Å². The summed E-state index contributed by atoms with van der Waals surface area (Å²) >= 11 is 0. The van der Waals surface area contributed by atoms with Crippen LogP contribution in [0.2, 0.25) is 0 Å². The molecule has 22 heavy (non-hydrogen) atoms. The Morgan fingerprint density at radius 3 is 2.59 bits per heavy atom. The Kier molecular flexibility index (Phi) is 5.19. The number of carbonyl (C=O) groups excluding carboxylic acids is 1. The lowest BCUT2D eigenvalue weighted by molar-refractivity contribution is -0.137. The maximum absolute atomic E-state index is 12.0. The lowest BCUT2D eigenvalue weighted by Gasteiger charge is -2.08. The molecule has 2 aromatic rings. The number of hydrogen-bond acceptors (Lipinski definition) is 4. The zero-order chi connectivity index (χ0) is 15.9. The highest BCUT2D eigenvalue weighted by Crippen LogP contribution is 2.15. The third-order valence-corrected chi connectivity index (χ3v) is 3.11. The van der Waals surface area contributed by atoms with Crippen LogP contribution in [0.15, 0.2) is 36.5 Å². The van der Waals surface area contributed by atoms with Crippen LogP contribution < -0.4 is 5.32 Å². The van der Waals surface area contributed by atoms with E-state index in [1.165, 1.54) is 6.20 Å². The number of aliphatic carboxylic acids is 1. The van der Waals surface area contributed by atoms with E-state index in [4.69, 9.17) is 5.11 Å². The molecule has 1 aromatic carbocycles. The van der Waals surface area contributed by atoms with Gasteiger partial charge in [-0.3, -0.25) is 9.59 Å². The Morgan fingerprint density at radius 2 is 1.95 bits per heavy atom. The fourth-order valence-electron chi connectivity index (χ4n) is 1.95. The maximum Gasteiger partial charge on any atom is 0.303 e. The first-order valence-corrected chi connectivity index (χ1v) is 6.97. The van der Waals surface area contributed by atoms with Crippen LogP contribution in [0.5, 0.6) is 0 Å². The van der Waals surface area contributed by atoms with Crippen LogP contribution in [0, 0.1) is 6.92 Å². The predicted octanol–water partition coefficient (Wildman–Crippen LogP) is 2.05. The monoisotopic (exact) mass is 299 g/mol. The van der Waals surface area contributed by atoms with Gasteiger partial charge in [-0.05, 0) is 13.3 Å². The van der Waals surface area contributed by atoms with Crippen molar-refractivity contribution < 1.29 is 14.7 Å². The zero-order valence-electron chi connectivity index (χ0n) is 12.2. The standard InChI is InChI=1S/C16H17N3O3/c1-11-13(16(22)17-9-5-8-14(20)21)10-18-15(19-11)12-6-3-2-4-7-12/h2-4,6-7,10H,5,8-9H2,1H3,(H,17,22)(H,20,21). The molecule has 0 saturated carbocycles. The number of benzene rings is 1. The number of aromatic nitrogens is 2. The van der Waals surface area contributed by atoms with Crippen LogP contribution in [-0.4, -0.2) is 33.5 Å². The van der Waals surface area contributed by atoms with E-state index in [0.717, 1.165) is 5.56 Å². The van der Waals surface area contributed by atoms with E-state index in [2.05, 4.69) is 15.3 Å². The van der Waals surface area contributed by atoms with Crippen molar-refractivity contribution in [1.29, 1.82) is 0 Å². The van der Waals surface area contributed by atoms with Gasteiger partial charge in [-0.2, -0.15) is 0 Å². The molecular weight excluding hydrogens is 282 g/mol. The lowest BCUT2D eigenvalue weighted by Crippen LogP contribution is -2.26. The molecule has 1 amide bonds. The summed E-state index contributed by atoms with van der Waals surface area (Å²) in [5.74, 6) is -0.594. The molecule has 1 aromatic heterocycles. The van der Waals surface area contributed by atoms with E-state index in [1.807, 2.05) is 30.3 Å². The Bertz CT molecular complexity index is 672. The molecule has 0 aliphatic carbocycles. The average Bonchev–Trinajstić information content (AvgIpc) is 2.52. The minimum absolute atomic E-state index is 0.0305. The molecular formula is C16H17N3O3. The smallest absolute Gasteiger partial charge is 0.303 e. The number of nitrogens with zero attached hydrogens (tertiary/aromatic N) is 2. The summed E-state index contributed by atoms with van der Waals surface area (Å²) in [4.78, 5) is 31.0. The zero-order valence-corrected chi connectivity index (χ0v) is 12.2. The van der Waals surface area contributed by atoms with E-state index >= 15 is 0 Å². The Hall–Kier alpha value is -2.76. The summed E-state index contributed by atoms with van der Waals surface area (Å²) in [6, 6.07) is 9.52. The van der Waals surface area contributed by atoms with Crippen molar-refractivity contribution in [2.45, 2.75) is 19.8 Å². The molecule has 0 fully saturated rings. The summed E-state index contributed by atoms with van der Waals surface area (Å²) in [5.41, 5.74) is 1.87. The number of carbonyl (C=O) groups is 2. The summed E-state index contributed by atoms with van der Waals surface area (Å²) in [5, 5.41) is 11.2. The van der Waals surface area contributed by atoms with Gasteiger partial charge in [0.05, 0.1) is 11.3 Å². The first-order valence-electron chi connectivity index (χ1n) is 6.97. The van der Waals surface area contributed by atoms with Crippen LogP contribution in [0.3, 0.4) is 0 Å². The highest BCUT2D eigenvalue weighted by Gasteiger charge is 2.12. The van der Waals surface area contributed by atoms with E-state index in [9.17, 15) is 9.59 Å². The van der Waals surface area contributed by atoms with Gasteiger partial charge in [-0.25, -0.2) is 9.97 Å².